The van der Waals surface area contributed by atoms with Crippen molar-refractivity contribution in [3.63, 3.8) is 0 Å². The Balaban J connectivity index is 1.47. The Labute approximate surface area is 134 Å². The van der Waals surface area contributed by atoms with Crippen molar-refractivity contribution in [3.8, 4) is 0 Å². The summed E-state index contributed by atoms with van der Waals surface area (Å²) >= 11 is 0. The van der Waals surface area contributed by atoms with Gasteiger partial charge in [0, 0.05) is 6.54 Å². The smallest absolute Gasteiger partial charge is 0.0707 e. The fraction of sp³-hybridized carbons (Fsp3) is 0.500. The van der Waals surface area contributed by atoms with Crippen LogP contribution in [0.25, 0.3) is 0 Å². The lowest BCUT2D eigenvalue weighted by Crippen LogP contribution is -2.41. The Kier molecular flexibility index (Phi) is 5.47. The maximum atomic E-state index is 6.18. The van der Waals surface area contributed by atoms with Gasteiger partial charge < -0.3 is 10.1 Å². The zero-order valence-corrected chi connectivity index (χ0v) is 13.6. The highest BCUT2D eigenvalue weighted by Gasteiger charge is 2.22. The molecular weight excluding hydrogens is 270 g/mol. The normalized spacial score (nSPS) is 25.5. The van der Waals surface area contributed by atoms with Crippen molar-refractivity contribution >= 4 is 0 Å². The van der Waals surface area contributed by atoms with Crippen molar-refractivity contribution in [1.82, 2.24) is 5.32 Å². The van der Waals surface area contributed by atoms with Gasteiger partial charge in [0.2, 0.25) is 0 Å². The second-order valence-electron chi connectivity index (χ2n) is 6.67. The average molecular weight is 297 g/mol. The van der Waals surface area contributed by atoms with Gasteiger partial charge in [-0.2, -0.15) is 0 Å². The number of piperidine rings is 1. The van der Waals surface area contributed by atoms with Gasteiger partial charge in [-0.15, -0.1) is 0 Å². The maximum Gasteiger partial charge on any atom is 0.0707 e. The molecule has 2 heteroatoms. The molecule has 1 saturated heterocycles. The first-order valence-electron chi connectivity index (χ1n) is 8.52. The highest BCUT2D eigenvalue weighted by atomic mass is 16.5. The third-order valence-electron chi connectivity index (χ3n) is 4.64. The summed E-state index contributed by atoms with van der Waals surface area (Å²) in [6, 6.07) is 10.8. The third kappa shape index (κ3) is 4.56. The molecule has 0 saturated carbocycles. The molecule has 1 aromatic rings. The molecule has 2 nitrogen and oxygen atoms in total. The van der Waals surface area contributed by atoms with Crippen LogP contribution in [0.3, 0.4) is 0 Å². The summed E-state index contributed by atoms with van der Waals surface area (Å²) in [6.07, 6.45) is 9.60. The summed E-state index contributed by atoms with van der Waals surface area (Å²) < 4.78 is 6.18. The molecule has 1 unspecified atom stereocenters. The number of allylic oxidation sites excluding steroid dienone is 3. The Morgan fingerprint density at radius 3 is 2.86 bits per heavy atom. The van der Waals surface area contributed by atoms with E-state index < -0.39 is 0 Å². The van der Waals surface area contributed by atoms with Gasteiger partial charge in [-0.1, -0.05) is 48.1 Å². The molecule has 1 aliphatic heterocycles. The largest absolute Gasteiger partial charge is 0.373 e. The second kappa shape index (κ2) is 7.75. The predicted octanol–water partition coefficient (Wildman–Crippen LogP) is 3.89. The molecule has 3 rings (SSSR count). The minimum Gasteiger partial charge on any atom is -0.373 e. The molecule has 22 heavy (non-hydrogen) atoms. The van der Waals surface area contributed by atoms with Gasteiger partial charge in [0.05, 0.1) is 12.7 Å². The van der Waals surface area contributed by atoms with Crippen LogP contribution in [-0.4, -0.2) is 25.8 Å². The van der Waals surface area contributed by atoms with Gasteiger partial charge in [0.25, 0.3) is 0 Å². The Hall–Kier alpha value is -1.38. The van der Waals surface area contributed by atoms with Crippen molar-refractivity contribution in [2.75, 3.05) is 19.7 Å². The summed E-state index contributed by atoms with van der Waals surface area (Å²) in [5, 5.41) is 3.55. The van der Waals surface area contributed by atoms with Crippen LogP contribution in [0.4, 0.5) is 0 Å². The van der Waals surface area contributed by atoms with Crippen LogP contribution < -0.4 is 5.32 Å². The second-order valence-corrected chi connectivity index (χ2v) is 6.67. The first-order chi connectivity index (χ1) is 10.8. The summed E-state index contributed by atoms with van der Waals surface area (Å²) in [7, 11) is 0. The summed E-state index contributed by atoms with van der Waals surface area (Å²) in [6.45, 7) is 5.08. The van der Waals surface area contributed by atoms with E-state index in [-0.39, 0.29) is 0 Å². The van der Waals surface area contributed by atoms with E-state index >= 15 is 0 Å². The lowest BCUT2D eigenvalue weighted by atomic mass is 9.91. The molecule has 2 aliphatic rings. The molecule has 1 N–H and O–H groups in total. The van der Waals surface area contributed by atoms with Crippen molar-refractivity contribution in [2.45, 2.75) is 38.7 Å². The summed E-state index contributed by atoms with van der Waals surface area (Å²) in [5.41, 5.74) is 4.27. The number of benzene rings is 1. The van der Waals surface area contributed by atoms with Crippen LogP contribution in [-0.2, 0) is 11.2 Å². The van der Waals surface area contributed by atoms with Crippen LogP contribution >= 0.6 is 0 Å². The van der Waals surface area contributed by atoms with Gasteiger partial charge in [-0.3, -0.25) is 0 Å². The molecule has 0 radical (unpaired) electrons. The predicted molar refractivity (Wildman–Crippen MR) is 91.9 cm³/mol. The van der Waals surface area contributed by atoms with Gasteiger partial charge in [-0.25, -0.2) is 0 Å². The van der Waals surface area contributed by atoms with Gasteiger partial charge in [0.1, 0.15) is 0 Å². The molecule has 2 atom stereocenters. The Morgan fingerprint density at radius 1 is 1.18 bits per heavy atom. The van der Waals surface area contributed by atoms with Crippen LogP contribution in [0.1, 0.15) is 31.7 Å². The lowest BCUT2D eigenvalue weighted by Gasteiger charge is -2.30. The van der Waals surface area contributed by atoms with E-state index in [1.54, 1.807) is 0 Å². The van der Waals surface area contributed by atoms with Crippen molar-refractivity contribution in [1.29, 1.82) is 0 Å². The zero-order chi connectivity index (χ0) is 15.2. The monoisotopic (exact) mass is 297 g/mol. The number of hydrogen-bond donors (Lipinski definition) is 1. The minimum atomic E-state index is 0.356. The fourth-order valence-electron chi connectivity index (χ4n) is 3.49. The maximum absolute atomic E-state index is 6.18. The van der Waals surface area contributed by atoms with Gasteiger partial charge in [-0.05, 0) is 56.2 Å². The lowest BCUT2D eigenvalue weighted by molar-refractivity contribution is 0.0346. The highest BCUT2D eigenvalue weighted by molar-refractivity contribution is 5.26. The van der Waals surface area contributed by atoms with Crippen LogP contribution in [0, 0.1) is 5.92 Å². The molecule has 0 bridgehead atoms. The van der Waals surface area contributed by atoms with Crippen molar-refractivity contribution < 1.29 is 4.74 Å². The molecule has 118 valence electrons. The van der Waals surface area contributed by atoms with E-state index in [1.165, 1.54) is 29.6 Å². The first kappa shape index (κ1) is 15.5. The van der Waals surface area contributed by atoms with E-state index in [0.717, 1.165) is 32.5 Å². The Morgan fingerprint density at radius 2 is 2.05 bits per heavy atom. The quantitative estimate of drug-likeness (QED) is 0.890. The van der Waals surface area contributed by atoms with E-state index in [0.29, 0.717) is 12.0 Å². The number of ether oxygens (including phenoxy) is 1. The molecule has 1 aliphatic carbocycles. The van der Waals surface area contributed by atoms with Crippen molar-refractivity contribution in [3.05, 3.63) is 59.2 Å². The number of nitrogens with one attached hydrogen (secondary N) is 1. The van der Waals surface area contributed by atoms with Crippen molar-refractivity contribution in [2.24, 2.45) is 5.92 Å². The first-order valence-corrected chi connectivity index (χ1v) is 8.52. The summed E-state index contributed by atoms with van der Waals surface area (Å²) in [4.78, 5) is 0. The number of rotatable bonds is 5. The third-order valence-corrected chi connectivity index (χ3v) is 4.64. The molecule has 0 amide bonds. The molecule has 1 aromatic carbocycles. The molecule has 1 fully saturated rings. The van der Waals surface area contributed by atoms with Gasteiger partial charge in [0.15, 0.2) is 0 Å². The van der Waals surface area contributed by atoms with Crippen LogP contribution in [0.2, 0.25) is 0 Å². The van der Waals surface area contributed by atoms with E-state index in [1.807, 2.05) is 0 Å². The standard InChI is InChI=1S/C20H27NO/c1-16-6-5-9-18(10-16)15-22-20-12-19(13-21-14-20)11-17-7-3-2-4-8-17/h2-4,6-8,10,19-21H,5,9,11-15H2,1H3/t19?,20-/m1/s1. The summed E-state index contributed by atoms with van der Waals surface area (Å²) in [5.74, 6) is 0.683. The number of hydrogen-bond acceptors (Lipinski definition) is 2. The molecular formula is C20H27NO. The highest BCUT2D eigenvalue weighted by Crippen LogP contribution is 2.21. The topological polar surface area (TPSA) is 21.3 Å². The SMILES string of the molecule is CC1=CCCC(CO[C@H]2CNCC(Cc3ccccc3)C2)=C1. The van der Waals surface area contributed by atoms with Crippen LogP contribution in [0.5, 0.6) is 0 Å². The average Bonchev–Trinajstić information content (AvgIpc) is 2.54. The molecule has 0 aromatic heterocycles. The van der Waals surface area contributed by atoms with E-state index in [2.05, 4.69) is 54.7 Å². The Bertz CT molecular complexity index is 532. The molecule has 0 spiro atoms. The zero-order valence-electron chi connectivity index (χ0n) is 13.6. The van der Waals surface area contributed by atoms with Crippen LogP contribution in [0.15, 0.2) is 53.6 Å². The fourth-order valence-corrected chi connectivity index (χ4v) is 3.49. The minimum absolute atomic E-state index is 0.356. The van der Waals surface area contributed by atoms with E-state index in [4.69, 9.17) is 4.74 Å². The molecule has 1 heterocycles. The van der Waals surface area contributed by atoms with E-state index in [9.17, 15) is 0 Å². The van der Waals surface area contributed by atoms with Gasteiger partial charge >= 0.3 is 0 Å².